The van der Waals surface area contributed by atoms with E-state index in [1.807, 2.05) is 0 Å². The van der Waals surface area contributed by atoms with Crippen molar-refractivity contribution in [1.29, 1.82) is 0 Å². The van der Waals surface area contributed by atoms with Crippen molar-refractivity contribution in [2.45, 2.75) is 38.1 Å². The Kier molecular flexibility index (Phi) is 1.48. The summed E-state index contributed by atoms with van der Waals surface area (Å²) >= 11 is 0. The first-order valence-electron chi connectivity index (χ1n) is 3.63. The summed E-state index contributed by atoms with van der Waals surface area (Å²) in [6, 6.07) is 0. The molecule has 0 aromatic rings. The maximum atomic E-state index is 2.44. The van der Waals surface area contributed by atoms with Crippen molar-refractivity contribution in [2.75, 3.05) is 0 Å². The van der Waals surface area contributed by atoms with Crippen molar-refractivity contribution < 1.29 is 0 Å². The quantitative estimate of drug-likeness (QED) is 0.432. The Bertz CT molecular complexity index is 86.4. The van der Waals surface area contributed by atoms with Gasteiger partial charge in [-0.3, -0.25) is 0 Å². The van der Waals surface area contributed by atoms with Crippen LogP contribution in [0.25, 0.3) is 0 Å². The molecular weight excluding hydrogens is 112 g/mol. The largest absolute Gasteiger partial charge is 0.0627 e. The molecule has 1 saturated carbocycles. The van der Waals surface area contributed by atoms with E-state index in [2.05, 4.69) is 13.8 Å². The molecule has 0 heterocycles. The minimum atomic E-state index is 0.792. The minimum absolute atomic E-state index is 0.792. The molecule has 0 radical (unpaired) electrons. The van der Waals surface area contributed by atoms with Crippen LogP contribution in [0.5, 0.6) is 0 Å². The average Bonchev–Trinajstić information content (AvgIpc) is 1.86. The van der Waals surface area contributed by atoms with Crippen LogP contribution in [0.15, 0.2) is 0 Å². The lowest BCUT2D eigenvalue weighted by Gasteiger charge is -2.22. The van der Waals surface area contributed by atoms with Crippen LogP contribution >= 0.6 is 0 Å². The molecule has 0 nitrogen and oxygen atoms in total. The Morgan fingerprint density at radius 1 is 1.62 bits per heavy atom. The zero-order valence-corrected chi connectivity index (χ0v) is 8.20. The first kappa shape index (κ1) is 6.34. The third-order valence-corrected chi connectivity index (χ3v) is 4.28. The van der Waals surface area contributed by atoms with E-state index in [-0.39, 0.29) is 0 Å². The molecule has 0 N–H and O–H groups in total. The highest BCUT2D eigenvalue weighted by Gasteiger charge is 2.30. The maximum Gasteiger partial charge on any atom is 0.0106 e. The van der Waals surface area contributed by atoms with Crippen molar-refractivity contribution >= 4 is 10.2 Å². The van der Waals surface area contributed by atoms with Crippen molar-refractivity contribution in [3.05, 3.63) is 0 Å². The van der Waals surface area contributed by atoms with E-state index in [0.717, 1.165) is 11.0 Å². The van der Waals surface area contributed by atoms with Crippen molar-refractivity contribution in [2.24, 2.45) is 5.92 Å². The summed E-state index contributed by atoms with van der Waals surface area (Å²) in [5.74, 6) is 1.02. The van der Waals surface area contributed by atoms with E-state index in [9.17, 15) is 0 Å². The first-order valence-corrected chi connectivity index (χ1v) is 4.63. The van der Waals surface area contributed by atoms with Crippen LogP contribution in [0.2, 0.25) is 5.04 Å². The summed E-state index contributed by atoms with van der Waals surface area (Å²) in [4.78, 5) is 0. The highest BCUT2D eigenvalue weighted by Crippen LogP contribution is 2.45. The molecule has 0 aromatic heterocycles. The van der Waals surface area contributed by atoms with E-state index in [4.69, 9.17) is 0 Å². The molecule has 1 aliphatic rings. The van der Waals surface area contributed by atoms with Crippen LogP contribution in [0.4, 0.5) is 0 Å². The fourth-order valence-electron chi connectivity index (χ4n) is 1.50. The molecule has 1 fully saturated rings. The summed E-state index contributed by atoms with van der Waals surface area (Å²) in [6.45, 7) is 4.84. The molecule has 1 aliphatic carbocycles. The lowest BCUT2D eigenvalue weighted by atomic mass is 9.99. The van der Waals surface area contributed by atoms with Crippen molar-refractivity contribution in [3.63, 3.8) is 0 Å². The third-order valence-electron chi connectivity index (χ3n) is 2.79. The SMILES string of the molecule is CC1CCCC1(C)[SiH3]. The van der Waals surface area contributed by atoms with Gasteiger partial charge in [-0.25, -0.2) is 0 Å². The maximum absolute atomic E-state index is 2.44. The second kappa shape index (κ2) is 1.87. The Balaban J connectivity index is 2.54. The zero-order chi connectivity index (χ0) is 6.20. The molecule has 2 unspecified atom stereocenters. The van der Waals surface area contributed by atoms with Gasteiger partial charge in [0.25, 0.3) is 0 Å². The lowest BCUT2D eigenvalue weighted by molar-refractivity contribution is 0.480. The standard InChI is InChI=1S/C7H16Si/c1-6-4-3-5-7(6,2)8/h6H,3-5H2,1-2,8H3. The summed E-state index contributed by atoms with van der Waals surface area (Å²) in [6.07, 6.45) is 4.47. The highest BCUT2D eigenvalue weighted by atomic mass is 28.1. The van der Waals surface area contributed by atoms with E-state index in [0.29, 0.717) is 0 Å². The fourth-order valence-corrected chi connectivity index (χ4v) is 2.14. The summed E-state index contributed by atoms with van der Waals surface area (Å²) < 4.78 is 0. The molecule has 2 atom stereocenters. The molecule has 0 bridgehead atoms. The van der Waals surface area contributed by atoms with E-state index in [1.54, 1.807) is 0 Å². The average molecular weight is 128 g/mol. The molecule has 1 heteroatoms. The van der Waals surface area contributed by atoms with Crippen LogP contribution in [0.1, 0.15) is 33.1 Å². The van der Waals surface area contributed by atoms with Crippen LogP contribution in [0, 0.1) is 5.92 Å². The van der Waals surface area contributed by atoms with Gasteiger partial charge < -0.3 is 0 Å². The monoisotopic (exact) mass is 128 g/mol. The van der Waals surface area contributed by atoms with Gasteiger partial charge in [0, 0.05) is 10.2 Å². The van der Waals surface area contributed by atoms with Gasteiger partial charge in [-0.05, 0) is 11.0 Å². The van der Waals surface area contributed by atoms with Crippen LogP contribution in [0.3, 0.4) is 0 Å². The highest BCUT2D eigenvalue weighted by molar-refractivity contribution is 6.15. The second-order valence-electron chi connectivity index (χ2n) is 3.78. The number of hydrogen-bond acceptors (Lipinski definition) is 0. The molecule has 0 saturated heterocycles. The summed E-state index contributed by atoms with van der Waals surface area (Å²) in [7, 11) is 1.40. The zero-order valence-electron chi connectivity index (χ0n) is 6.20. The third kappa shape index (κ3) is 0.969. The first-order chi connectivity index (χ1) is 3.63. The Labute approximate surface area is 55.1 Å². The lowest BCUT2D eigenvalue weighted by Crippen LogP contribution is -2.10. The van der Waals surface area contributed by atoms with E-state index >= 15 is 0 Å². The van der Waals surface area contributed by atoms with E-state index < -0.39 is 0 Å². The Morgan fingerprint density at radius 2 is 2.25 bits per heavy atom. The van der Waals surface area contributed by atoms with Crippen LogP contribution in [-0.2, 0) is 0 Å². The van der Waals surface area contributed by atoms with Crippen molar-refractivity contribution in [3.8, 4) is 0 Å². The normalized spacial score (nSPS) is 48.0. The molecular formula is C7H16Si. The molecule has 1 rings (SSSR count). The predicted molar refractivity (Wildman–Crippen MR) is 41.3 cm³/mol. The van der Waals surface area contributed by atoms with Gasteiger partial charge in [-0.1, -0.05) is 33.1 Å². The summed E-state index contributed by atoms with van der Waals surface area (Å²) in [5, 5.41) is 0.792. The van der Waals surface area contributed by atoms with Gasteiger partial charge >= 0.3 is 0 Å². The molecule has 0 amide bonds. The van der Waals surface area contributed by atoms with Crippen LogP contribution < -0.4 is 0 Å². The fraction of sp³-hybridized carbons (Fsp3) is 1.00. The van der Waals surface area contributed by atoms with Gasteiger partial charge in [0.15, 0.2) is 0 Å². The Hall–Kier alpha value is 0.217. The van der Waals surface area contributed by atoms with E-state index in [1.165, 1.54) is 29.5 Å². The molecule has 0 aliphatic heterocycles. The van der Waals surface area contributed by atoms with Crippen LogP contribution in [-0.4, -0.2) is 10.2 Å². The predicted octanol–water partition coefficient (Wildman–Crippen LogP) is 1.35. The van der Waals surface area contributed by atoms with Gasteiger partial charge in [-0.15, -0.1) is 0 Å². The number of hydrogen-bond donors (Lipinski definition) is 0. The molecule has 0 aromatic carbocycles. The molecule has 48 valence electrons. The smallest absolute Gasteiger partial charge is 0.0106 e. The second-order valence-corrected chi connectivity index (χ2v) is 6.07. The van der Waals surface area contributed by atoms with Gasteiger partial charge in [0.1, 0.15) is 0 Å². The molecule has 8 heavy (non-hydrogen) atoms. The van der Waals surface area contributed by atoms with Crippen molar-refractivity contribution in [1.82, 2.24) is 0 Å². The van der Waals surface area contributed by atoms with Gasteiger partial charge in [-0.2, -0.15) is 0 Å². The summed E-state index contributed by atoms with van der Waals surface area (Å²) in [5.41, 5.74) is 0. The minimum Gasteiger partial charge on any atom is -0.0627 e. The van der Waals surface area contributed by atoms with Gasteiger partial charge in [0.05, 0.1) is 0 Å². The number of rotatable bonds is 0. The molecule has 0 spiro atoms. The topological polar surface area (TPSA) is 0 Å². The van der Waals surface area contributed by atoms with Gasteiger partial charge in [0.2, 0.25) is 0 Å². The Morgan fingerprint density at radius 3 is 2.38 bits per heavy atom.